The number of hydrogen-bond acceptors (Lipinski definition) is 2. The van der Waals surface area contributed by atoms with Crippen LogP contribution in [0.25, 0.3) is 0 Å². The van der Waals surface area contributed by atoms with Gasteiger partial charge in [-0.3, -0.25) is 4.79 Å². The number of benzene rings is 1. The largest absolute Gasteiger partial charge is 0.324 e. The molecule has 0 aliphatic heterocycles. The molecule has 3 N–H and O–H groups in total. The Morgan fingerprint density at radius 2 is 1.74 bits per heavy atom. The van der Waals surface area contributed by atoms with E-state index in [1.165, 1.54) is 5.56 Å². The molecule has 0 aromatic heterocycles. The maximum Gasteiger partial charge on any atom is 0.243 e. The molecule has 1 amide bonds. The molecule has 0 bridgehead atoms. The molecule has 1 aromatic rings. The van der Waals surface area contributed by atoms with Gasteiger partial charge >= 0.3 is 0 Å². The maximum atomic E-state index is 12.0. The number of amides is 1. The van der Waals surface area contributed by atoms with Gasteiger partial charge in [0, 0.05) is 5.69 Å². The van der Waals surface area contributed by atoms with Gasteiger partial charge in [-0.25, -0.2) is 0 Å². The number of carbonyl (C=O) groups is 1. The lowest BCUT2D eigenvalue weighted by Crippen LogP contribution is -2.45. The summed E-state index contributed by atoms with van der Waals surface area (Å²) >= 11 is 0. The topological polar surface area (TPSA) is 55.1 Å². The number of hydrogen-bond donors (Lipinski definition) is 2. The fraction of sp³-hybridized carbons (Fsp3) is 0.562. The summed E-state index contributed by atoms with van der Waals surface area (Å²) in [6, 6.07) is 6.22. The Morgan fingerprint density at radius 1 is 1.16 bits per heavy atom. The van der Waals surface area contributed by atoms with Crippen molar-refractivity contribution in [2.75, 3.05) is 5.32 Å². The van der Waals surface area contributed by atoms with Crippen molar-refractivity contribution in [2.24, 2.45) is 5.73 Å². The molecule has 0 spiro atoms. The highest BCUT2D eigenvalue weighted by Crippen LogP contribution is 2.28. The molecule has 1 aromatic carbocycles. The predicted octanol–water partition coefficient (Wildman–Crippen LogP) is 3.61. The monoisotopic (exact) mass is 262 g/mol. The highest BCUT2D eigenvalue weighted by Gasteiger charge is 2.23. The molecule has 0 saturated heterocycles. The zero-order valence-corrected chi connectivity index (χ0v) is 12.9. The summed E-state index contributed by atoms with van der Waals surface area (Å²) in [4.78, 5) is 12.0. The summed E-state index contributed by atoms with van der Waals surface area (Å²) in [5.41, 5.74) is 8.25. The minimum Gasteiger partial charge on any atom is -0.324 e. The van der Waals surface area contributed by atoms with Gasteiger partial charge in [-0.1, -0.05) is 39.8 Å². The van der Waals surface area contributed by atoms with Gasteiger partial charge in [0.05, 0.1) is 5.54 Å². The third kappa shape index (κ3) is 4.06. The Labute approximate surface area is 116 Å². The van der Waals surface area contributed by atoms with Crippen molar-refractivity contribution in [1.29, 1.82) is 0 Å². The van der Waals surface area contributed by atoms with Crippen LogP contribution in [0.2, 0.25) is 0 Å². The van der Waals surface area contributed by atoms with Crippen LogP contribution in [0.3, 0.4) is 0 Å². The van der Waals surface area contributed by atoms with E-state index in [0.29, 0.717) is 11.8 Å². The average Bonchev–Trinajstić information content (AvgIpc) is 2.27. The van der Waals surface area contributed by atoms with E-state index in [2.05, 4.69) is 45.1 Å². The van der Waals surface area contributed by atoms with Gasteiger partial charge in [0.15, 0.2) is 0 Å². The van der Waals surface area contributed by atoms with Crippen LogP contribution in [0, 0.1) is 0 Å². The van der Waals surface area contributed by atoms with Crippen LogP contribution in [0.1, 0.15) is 64.5 Å². The minimum atomic E-state index is -0.870. The normalized spacial score (nSPS) is 12.1. The lowest BCUT2D eigenvalue weighted by Gasteiger charge is -2.21. The number of rotatable bonds is 4. The van der Waals surface area contributed by atoms with Crippen LogP contribution in [-0.2, 0) is 4.79 Å². The first-order valence-corrected chi connectivity index (χ1v) is 6.87. The molecule has 0 radical (unpaired) electrons. The van der Waals surface area contributed by atoms with Crippen molar-refractivity contribution < 1.29 is 4.79 Å². The van der Waals surface area contributed by atoms with E-state index < -0.39 is 5.54 Å². The highest BCUT2D eigenvalue weighted by atomic mass is 16.2. The predicted molar refractivity (Wildman–Crippen MR) is 81.5 cm³/mol. The maximum absolute atomic E-state index is 12.0. The fourth-order valence-corrected chi connectivity index (χ4v) is 1.82. The Balaban J connectivity index is 3.11. The standard InChI is InChI=1S/C16H26N2O/c1-10(2)12-7-8-14(13(9-12)11(3)4)18-15(19)16(5,6)17/h7-11H,17H2,1-6H3,(H,18,19). The Kier molecular flexibility index (Phi) is 4.75. The zero-order chi connectivity index (χ0) is 14.8. The molecule has 3 heteroatoms. The van der Waals surface area contributed by atoms with Crippen molar-refractivity contribution in [3.8, 4) is 0 Å². The van der Waals surface area contributed by atoms with Gasteiger partial charge in [-0.15, -0.1) is 0 Å². The van der Waals surface area contributed by atoms with E-state index in [-0.39, 0.29) is 5.91 Å². The molecule has 1 rings (SSSR count). The molecule has 0 aliphatic rings. The molecule has 0 aliphatic carbocycles. The lowest BCUT2D eigenvalue weighted by atomic mass is 9.94. The van der Waals surface area contributed by atoms with E-state index in [0.717, 1.165) is 11.3 Å². The minimum absolute atomic E-state index is 0.160. The Morgan fingerprint density at radius 3 is 2.16 bits per heavy atom. The summed E-state index contributed by atoms with van der Waals surface area (Å²) in [6.07, 6.45) is 0. The van der Waals surface area contributed by atoms with Crippen molar-refractivity contribution in [3.05, 3.63) is 29.3 Å². The first-order chi connectivity index (χ1) is 8.62. The third-order valence-electron chi connectivity index (χ3n) is 3.20. The average molecular weight is 262 g/mol. The summed E-state index contributed by atoms with van der Waals surface area (Å²) in [5.74, 6) is 0.676. The second kappa shape index (κ2) is 5.74. The van der Waals surface area contributed by atoms with Crippen molar-refractivity contribution >= 4 is 11.6 Å². The summed E-state index contributed by atoms with van der Waals surface area (Å²) in [7, 11) is 0. The molecule has 0 fully saturated rings. The fourth-order valence-electron chi connectivity index (χ4n) is 1.82. The first kappa shape index (κ1) is 15.7. The van der Waals surface area contributed by atoms with E-state index in [4.69, 9.17) is 5.73 Å². The van der Waals surface area contributed by atoms with Crippen molar-refractivity contribution in [1.82, 2.24) is 0 Å². The molecule has 0 saturated carbocycles. The van der Waals surface area contributed by atoms with E-state index >= 15 is 0 Å². The van der Waals surface area contributed by atoms with E-state index in [1.54, 1.807) is 13.8 Å². The molecule has 19 heavy (non-hydrogen) atoms. The molecule has 0 atom stereocenters. The number of nitrogens with one attached hydrogen (secondary N) is 1. The van der Waals surface area contributed by atoms with Crippen LogP contribution in [0.15, 0.2) is 18.2 Å². The quantitative estimate of drug-likeness (QED) is 0.871. The van der Waals surface area contributed by atoms with Crippen LogP contribution >= 0.6 is 0 Å². The molecule has 0 unspecified atom stereocenters. The zero-order valence-electron chi connectivity index (χ0n) is 12.9. The van der Waals surface area contributed by atoms with E-state index in [9.17, 15) is 4.79 Å². The number of anilines is 1. The van der Waals surface area contributed by atoms with Crippen molar-refractivity contribution in [2.45, 2.75) is 58.9 Å². The first-order valence-electron chi connectivity index (χ1n) is 6.87. The van der Waals surface area contributed by atoms with Gasteiger partial charge in [-0.2, -0.15) is 0 Å². The third-order valence-corrected chi connectivity index (χ3v) is 3.20. The van der Waals surface area contributed by atoms with Crippen LogP contribution in [-0.4, -0.2) is 11.4 Å². The lowest BCUT2D eigenvalue weighted by molar-refractivity contribution is -0.120. The van der Waals surface area contributed by atoms with Gasteiger partial charge in [-0.05, 0) is 42.9 Å². The molecular formula is C16H26N2O. The molecule has 106 valence electrons. The number of carbonyl (C=O) groups excluding carboxylic acids is 1. The SMILES string of the molecule is CC(C)c1ccc(NC(=O)C(C)(C)N)c(C(C)C)c1. The summed E-state index contributed by atoms with van der Waals surface area (Å²) < 4.78 is 0. The van der Waals surface area contributed by atoms with Crippen molar-refractivity contribution in [3.63, 3.8) is 0 Å². The summed E-state index contributed by atoms with van der Waals surface area (Å²) in [6.45, 7) is 12.0. The molecule has 0 heterocycles. The van der Waals surface area contributed by atoms with Gasteiger partial charge in [0.2, 0.25) is 5.91 Å². The van der Waals surface area contributed by atoms with Crippen LogP contribution in [0.4, 0.5) is 5.69 Å². The van der Waals surface area contributed by atoms with Gasteiger partial charge in [0.25, 0.3) is 0 Å². The second-order valence-corrected chi connectivity index (χ2v) is 6.33. The smallest absolute Gasteiger partial charge is 0.243 e. The van der Waals surface area contributed by atoms with Crippen LogP contribution < -0.4 is 11.1 Å². The molecular weight excluding hydrogens is 236 g/mol. The van der Waals surface area contributed by atoms with Crippen LogP contribution in [0.5, 0.6) is 0 Å². The van der Waals surface area contributed by atoms with E-state index in [1.807, 2.05) is 6.07 Å². The highest BCUT2D eigenvalue weighted by molar-refractivity contribution is 5.98. The van der Waals surface area contributed by atoms with Gasteiger partial charge < -0.3 is 11.1 Å². The summed E-state index contributed by atoms with van der Waals surface area (Å²) in [5, 5.41) is 2.93. The van der Waals surface area contributed by atoms with Gasteiger partial charge in [0.1, 0.15) is 0 Å². The Bertz CT molecular complexity index is 456. The Hall–Kier alpha value is -1.35. The number of nitrogens with two attached hydrogens (primary N) is 1. The second-order valence-electron chi connectivity index (χ2n) is 6.33. The molecule has 3 nitrogen and oxygen atoms in total.